The highest BCUT2D eigenvalue weighted by Gasteiger charge is 2.29. The summed E-state index contributed by atoms with van der Waals surface area (Å²) in [7, 11) is 0. The van der Waals surface area contributed by atoms with Gasteiger partial charge >= 0.3 is 0 Å². The summed E-state index contributed by atoms with van der Waals surface area (Å²) in [6, 6.07) is 0.556. The fraction of sp³-hybridized carbons (Fsp3) is 0.636. The lowest BCUT2D eigenvalue weighted by atomic mass is 10.1. The van der Waals surface area contributed by atoms with Crippen molar-refractivity contribution < 1.29 is 4.79 Å². The van der Waals surface area contributed by atoms with Gasteiger partial charge in [-0.3, -0.25) is 9.89 Å². The van der Waals surface area contributed by atoms with Crippen LogP contribution in [0.15, 0.2) is 6.20 Å². The molecular weight excluding hydrogens is 240 g/mol. The number of hydrogen-bond acceptors (Lipinski definition) is 3. The average Bonchev–Trinajstić information content (AvgIpc) is 2.68. The quantitative estimate of drug-likeness (QED) is 0.789. The maximum Gasteiger partial charge on any atom is 0.257 e. The number of hydrogen-bond donors (Lipinski definition) is 2. The molecule has 6 heteroatoms. The molecular formula is C11H19ClN4O. The lowest BCUT2D eigenvalue weighted by Crippen LogP contribution is -2.57. The smallest absolute Gasteiger partial charge is 0.257 e. The summed E-state index contributed by atoms with van der Waals surface area (Å²) in [6.45, 7) is 7.66. The monoisotopic (exact) mass is 258 g/mol. The van der Waals surface area contributed by atoms with Crippen molar-refractivity contribution in [1.82, 2.24) is 20.4 Å². The van der Waals surface area contributed by atoms with E-state index in [1.807, 2.05) is 11.8 Å². The molecule has 1 aliphatic heterocycles. The molecule has 5 nitrogen and oxygen atoms in total. The Morgan fingerprint density at radius 1 is 1.53 bits per heavy atom. The summed E-state index contributed by atoms with van der Waals surface area (Å²) in [5.41, 5.74) is 1.52. The molecule has 1 amide bonds. The molecule has 0 bridgehead atoms. The van der Waals surface area contributed by atoms with Crippen molar-refractivity contribution in [3.63, 3.8) is 0 Å². The van der Waals surface area contributed by atoms with Crippen molar-refractivity contribution in [1.29, 1.82) is 0 Å². The van der Waals surface area contributed by atoms with Gasteiger partial charge in [-0.1, -0.05) is 0 Å². The Bertz CT molecular complexity index is 393. The third kappa shape index (κ3) is 2.61. The second-order valence-electron chi connectivity index (χ2n) is 4.39. The minimum atomic E-state index is 0. The normalized spacial score (nSPS) is 24.3. The predicted molar refractivity (Wildman–Crippen MR) is 68.5 cm³/mol. The molecule has 2 rings (SSSR count). The van der Waals surface area contributed by atoms with Crippen LogP contribution in [0.2, 0.25) is 0 Å². The molecule has 0 aliphatic carbocycles. The number of aromatic nitrogens is 2. The van der Waals surface area contributed by atoms with E-state index in [1.54, 1.807) is 6.20 Å². The highest BCUT2D eigenvalue weighted by atomic mass is 35.5. The first-order chi connectivity index (χ1) is 7.61. The van der Waals surface area contributed by atoms with E-state index in [0.29, 0.717) is 11.6 Å². The number of nitrogens with zero attached hydrogens (tertiary/aromatic N) is 2. The Balaban J connectivity index is 0.00000144. The molecule has 2 heterocycles. The fourth-order valence-electron chi connectivity index (χ4n) is 2.06. The van der Waals surface area contributed by atoms with Crippen molar-refractivity contribution in [3.05, 3.63) is 17.5 Å². The van der Waals surface area contributed by atoms with E-state index in [9.17, 15) is 4.79 Å². The van der Waals surface area contributed by atoms with Gasteiger partial charge in [0.05, 0.1) is 11.8 Å². The van der Waals surface area contributed by atoms with Crippen LogP contribution in [0, 0.1) is 6.92 Å². The van der Waals surface area contributed by atoms with E-state index in [1.165, 1.54) is 0 Å². The summed E-state index contributed by atoms with van der Waals surface area (Å²) in [5, 5.41) is 10.1. The number of H-pyrrole nitrogens is 1. The molecule has 1 fully saturated rings. The number of halogens is 1. The highest BCUT2D eigenvalue weighted by Crippen LogP contribution is 2.14. The van der Waals surface area contributed by atoms with Crippen LogP contribution in [0.1, 0.15) is 29.9 Å². The maximum absolute atomic E-state index is 12.3. The summed E-state index contributed by atoms with van der Waals surface area (Å²) >= 11 is 0. The lowest BCUT2D eigenvalue weighted by Gasteiger charge is -2.38. The summed E-state index contributed by atoms with van der Waals surface area (Å²) in [5.74, 6) is 0.0760. The molecule has 2 unspecified atom stereocenters. The maximum atomic E-state index is 12.3. The van der Waals surface area contributed by atoms with E-state index in [2.05, 4.69) is 29.4 Å². The molecule has 0 spiro atoms. The van der Waals surface area contributed by atoms with Crippen LogP contribution in [0.4, 0.5) is 0 Å². The van der Waals surface area contributed by atoms with E-state index in [0.717, 1.165) is 18.8 Å². The van der Waals surface area contributed by atoms with Gasteiger partial charge < -0.3 is 10.2 Å². The van der Waals surface area contributed by atoms with Crippen LogP contribution in [0.25, 0.3) is 0 Å². The summed E-state index contributed by atoms with van der Waals surface area (Å²) < 4.78 is 0. The van der Waals surface area contributed by atoms with Crippen LogP contribution in [0.5, 0.6) is 0 Å². The molecule has 1 aliphatic rings. The minimum absolute atomic E-state index is 0. The Kier molecular flexibility index (Phi) is 4.54. The molecule has 2 N–H and O–H groups in total. The topological polar surface area (TPSA) is 61.0 Å². The Hall–Kier alpha value is -1.07. The molecule has 96 valence electrons. The third-order valence-electron chi connectivity index (χ3n) is 3.36. The van der Waals surface area contributed by atoms with Gasteiger partial charge in [0.1, 0.15) is 0 Å². The molecule has 0 saturated carbocycles. The van der Waals surface area contributed by atoms with E-state index >= 15 is 0 Å². The number of nitrogens with one attached hydrogen (secondary N) is 2. The Morgan fingerprint density at radius 2 is 2.24 bits per heavy atom. The van der Waals surface area contributed by atoms with Gasteiger partial charge in [0.2, 0.25) is 0 Å². The first-order valence-electron chi connectivity index (χ1n) is 5.65. The Morgan fingerprint density at radius 3 is 2.82 bits per heavy atom. The number of piperazine rings is 1. The highest BCUT2D eigenvalue weighted by molar-refractivity contribution is 5.95. The standard InChI is InChI=1S/C11H18N4O.ClH/c1-7-9(3)15(5-4-12-7)11(16)10-6-13-14-8(10)2;/h6-7,9,12H,4-5H2,1-3H3,(H,13,14);1H. The summed E-state index contributed by atoms with van der Waals surface area (Å²) in [6.07, 6.45) is 1.61. The van der Waals surface area contributed by atoms with Gasteiger partial charge in [-0.05, 0) is 20.8 Å². The zero-order chi connectivity index (χ0) is 11.7. The largest absolute Gasteiger partial charge is 0.333 e. The molecule has 1 aromatic rings. The first-order valence-corrected chi connectivity index (χ1v) is 5.65. The average molecular weight is 259 g/mol. The van der Waals surface area contributed by atoms with Crippen molar-refractivity contribution in [3.8, 4) is 0 Å². The van der Waals surface area contributed by atoms with Gasteiger partial charge in [0.15, 0.2) is 0 Å². The van der Waals surface area contributed by atoms with Crippen molar-refractivity contribution in [2.24, 2.45) is 0 Å². The third-order valence-corrected chi connectivity index (χ3v) is 3.36. The zero-order valence-corrected chi connectivity index (χ0v) is 11.2. The van der Waals surface area contributed by atoms with Gasteiger partial charge in [-0.25, -0.2) is 0 Å². The lowest BCUT2D eigenvalue weighted by molar-refractivity contribution is 0.0602. The second-order valence-corrected chi connectivity index (χ2v) is 4.39. The molecule has 1 aromatic heterocycles. The second kappa shape index (κ2) is 5.51. The van der Waals surface area contributed by atoms with Gasteiger partial charge in [0.25, 0.3) is 5.91 Å². The number of aryl methyl sites for hydroxylation is 1. The van der Waals surface area contributed by atoms with E-state index in [4.69, 9.17) is 0 Å². The Labute approximate surface area is 107 Å². The van der Waals surface area contributed by atoms with Crippen LogP contribution < -0.4 is 5.32 Å². The summed E-state index contributed by atoms with van der Waals surface area (Å²) in [4.78, 5) is 14.2. The molecule has 17 heavy (non-hydrogen) atoms. The van der Waals surface area contributed by atoms with Crippen molar-refractivity contribution in [2.75, 3.05) is 13.1 Å². The van der Waals surface area contributed by atoms with Crippen molar-refractivity contribution >= 4 is 18.3 Å². The molecule has 1 saturated heterocycles. The van der Waals surface area contributed by atoms with Gasteiger partial charge in [0, 0.05) is 30.9 Å². The van der Waals surface area contributed by atoms with Crippen LogP contribution in [-0.4, -0.2) is 46.2 Å². The number of carbonyl (C=O) groups is 1. The molecule has 0 radical (unpaired) electrons. The van der Waals surface area contributed by atoms with Gasteiger partial charge in [-0.15, -0.1) is 12.4 Å². The van der Waals surface area contributed by atoms with Crippen LogP contribution >= 0.6 is 12.4 Å². The van der Waals surface area contributed by atoms with E-state index in [-0.39, 0.29) is 24.4 Å². The predicted octanol–water partition coefficient (Wildman–Crippen LogP) is 0.962. The number of rotatable bonds is 1. The molecule has 0 aromatic carbocycles. The first kappa shape index (κ1) is 14.0. The zero-order valence-electron chi connectivity index (χ0n) is 10.4. The SMILES string of the molecule is Cc1[nH]ncc1C(=O)N1CCNC(C)C1C.Cl. The van der Waals surface area contributed by atoms with Crippen LogP contribution in [-0.2, 0) is 0 Å². The fourth-order valence-corrected chi connectivity index (χ4v) is 2.06. The van der Waals surface area contributed by atoms with Crippen LogP contribution in [0.3, 0.4) is 0 Å². The van der Waals surface area contributed by atoms with Gasteiger partial charge in [-0.2, -0.15) is 5.10 Å². The van der Waals surface area contributed by atoms with E-state index < -0.39 is 0 Å². The number of carbonyl (C=O) groups excluding carboxylic acids is 1. The molecule has 2 atom stereocenters. The number of aromatic amines is 1. The van der Waals surface area contributed by atoms with Crippen molar-refractivity contribution in [2.45, 2.75) is 32.9 Å². The number of amides is 1. The minimum Gasteiger partial charge on any atom is -0.333 e.